The molecule has 2 N–H and O–H groups in total. The summed E-state index contributed by atoms with van der Waals surface area (Å²) in [5.74, 6) is 1.12. The van der Waals surface area contributed by atoms with Crippen molar-refractivity contribution in [2.24, 2.45) is 16.9 Å². The summed E-state index contributed by atoms with van der Waals surface area (Å²) >= 11 is 0. The zero-order chi connectivity index (χ0) is 17.2. The Morgan fingerprint density at radius 2 is 1.72 bits per heavy atom. The molecule has 2 aliphatic heterocycles. The van der Waals surface area contributed by atoms with Crippen molar-refractivity contribution in [3.8, 4) is 0 Å². The Labute approximate surface area is 151 Å². The Balaban J connectivity index is 1.53. The second-order valence-electron chi connectivity index (χ2n) is 8.38. The zero-order valence-electron chi connectivity index (χ0n) is 15.5. The molecule has 138 valence electrons. The first-order valence-corrected chi connectivity index (χ1v) is 10.3. The van der Waals surface area contributed by atoms with Crippen molar-refractivity contribution >= 4 is 11.6 Å². The maximum atomic E-state index is 12.1. The molecule has 1 saturated heterocycles. The monoisotopic (exact) mass is 344 g/mol. The van der Waals surface area contributed by atoms with Crippen molar-refractivity contribution < 1.29 is 4.79 Å². The fraction of sp³-hybridized carbons (Fsp3) is 0.800. The van der Waals surface area contributed by atoms with Crippen LogP contribution in [0.5, 0.6) is 0 Å². The predicted molar refractivity (Wildman–Crippen MR) is 99.9 cm³/mol. The predicted octanol–water partition coefficient (Wildman–Crippen LogP) is 3.14. The fourth-order valence-corrected chi connectivity index (χ4v) is 5.26. The van der Waals surface area contributed by atoms with Crippen LogP contribution in [-0.4, -0.2) is 35.3 Å². The van der Waals surface area contributed by atoms with E-state index in [-0.39, 0.29) is 5.91 Å². The summed E-state index contributed by atoms with van der Waals surface area (Å²) in [6.45, 7) is 2.97. The van der Waals surface area contributed by atoms with Gasteiger partial charge in [0.1, 0.15) is 0 Å². The second kappa shape index (κ2) is 7.58. The van der Waals surface area contributed by atoms with E-state index in [1.807, 2.05) is 6.92 Å². The van der Waals surface area contributed by atoms with Crippen LogP contribution in [0.2, 0.25) is 0 Å². The molecule has 0 aromatic heterocycles. The molecule has 2 aliphatic carbocycles. The van der Waals surface area contributed by atoms with Crippen molar-refractivity contribution in [3.05, 3.63) is 11.6 Å². The van der Waals surface area contributed by atoms with E-state index >= 15 is 0 Å². The standard InChI is InChI=1S/C20H32N4O/c1-14-18(20(25)22-21-14)12-16-13-24(17-10-6-3-7-11-17)23-19(16)15-8-4-2-5-9-15/h12,15-17,19,23H,2-11,13H2,1H3,(H,22,25)/b18-12-. The van der Waals surface area contributed by atoms with Crippen LogP contribution in [0, 0.1) is 11.8 Å². The normalized spacial score (nSPS) is 34.5. The molecule has 2 saturated carbocycles. The van der Waals surface area contributed by atoms with Crippen LogP contribution in [0.4, 0.5) is 0 Å². The largest absolute Gasteiger partial charge is 0.272 e. The van der Waals surface area contributed by atoms with Crippen molar-refractivity contribution in [1.82, 2.24) is 15.9 Å². The van der Waals surface area contributed by atoms with Crippen LogP contribution in [0.1, 0.15) is 71.1 Å². The molecule has 3 fully saturated rings. The third-order valence-electron chi connectivity index (χ3n) is 6.70. The highest BCUT2D eigenvalue weighted by atomic mass is 16.2. The molecular formula is C20H32N4O. The fourth-order valence-electron chi connectivity index (χ4n) is 5.26. The van der Waals surface area contributed by atoms with Gasteiger partial charge in [0.2, 0.25) is 0 Å². The highest BCUT2D eigenvalue weighted by molar-refractivity contribution is 6.23. The number of rotatable bonds is 3. The number of hydrazine groups is 1. The summed E-state index contributed by atoms with van der Waals surface area (Å²) in [6, 6.07) is 1.16. The first-order valence-electron chi connectivity index (χ1n) is 10.3. The van der Waals surface area contributed by atoms with Gasteiger partial charge in [-0.1, -0.05) is 44.6 Å². The van der Waals surface area contributed by atoms with E-state index in [1.54, 1.807) is 0 Å². The summed E-state index contributed by atoms with van der Waals surface area (Å²) in [5.41, 5.74) is 8.14. The van der Waals surface area contributed by atoms with E-state index in [9.17, 15) is 4.79 Å². The van der Waals surface area contributed by atoms with Gasteiger partial charge in [0.05, 0.1) is 11.3 Å². The van der Waals surface area contributed by atoms with Gasteiger partial charge in [-0.05, 0) is 38.5 Å². The highest BCUT2D eigenvalue weighted by Crippen LogP contribution is 2.35. The lowest BCUT2D eigenvalue weighted by atomic mass is 9.79. The molecule has 1 amide bonds. The van der Waals surface area contributed by atoms with Crippen LogP contribution >= 0.6 is 0 Å². The number of nitrogens with zero attached hydrogens (tertiary/aromatic N) is 2. The van der Waals surface area contributed by atoms with Gasteiger partial charge in [0.15, 0.2) is 0 Å². The molecule has 5 heteroatoms. The van der Waals surface area contributed by atoms with E-state index in [1.165, 1.54) is 64.2 Å². The minimum absolute atomic E-state index is 0.0315. The summed E-state index contributed by atoms with van der Waals surface area (Å²) < 4.78 is 0. The van der Waals surface area contributed by atoms with E-state index in [0.717, 1.165) is 23.7 Å². The molecule has 0 radical (unpaired) electrons. The molecular weight excluding hydrogens is 312 g/mol. The average molecular weight is 345 g/mol. The molecule has 2 atom stereocenters. The second-order valence-corrected chi connectivity index (χ2v) is 8.38. The van der Waals surface area contributed by atoms with E-state index in [2.05, 4.69) is 27.0 Å². The first kappa shape index (κ1) is 17.2. The maximum Gasteiger partial charge on any atom is 0.272 e. The average Bonchev–Trinajstić information content (AvgIpc) is 3.22. The maximum absolute atomic E-state index is 12.1. The Bertz CT molecular complexity index is 558. The zero-order valence-corrected chi connectivity index (χ0v) is 15.5. The molecule has 4 rings (SSSR count). The summed E-state index contributed by atoms with van der Waals surface area (Å²) in [5, 5.41) is 6.63. The topological polar surface area (TPSA) is 56.7 Å². The first-order chi connectivity index (χ1) is 12.2. The Kier molecular flexibility index (Phi) is 5.23. The van der Waals surface area contributed by atoms with E-state index in [4.69, 9.17) is 0 Å². The molecule has 0 aromatic rings. The van der Waals surface area contributed by atoms with Crippen molar-refractivity contribution in [3.63, 3.8) is 0 Å². The van der Waals surface area contributed by atoms with Crippen LogP contribution in [0.3, 0.4) is 0 Å². The number of hydrogen-bond acceptors (Lipinski definition) is 4. The SMILES string of the molecule is CC1=NNC(=O)/C1=C\C1CN(C2CCCCC2)NC1C1CCCCC1. The van der Waals surface area contributed by atoms with Gasteiger partial charge < -0.3 is 0 Å². The van der Waals surface area contributed by atoms with Crippen LogP contribution in [-0.2, 0) is 4.79 Å². The third-order valence-corrected chi connectivity index (χ3v) is 6.70. The van der Waals surface area contributed by atoms with Gasteiger partial charge in [0, 0.05) is 24.5 Å². The van der Waals surface area contributed by atoms with Crippen LogP contribution in [0.15, 0.2) is 16.8 Å². The van der Waals surface area contributed by atoms with Crippen LogP contribution < -0.4 is 10.9 Å². The van der Waals surface area contributed by atoms with E-state index < -0.39 is 0 Å². The molecule has 2 unspecified atom stereocenters. The highest BCUT2D eigenvalue weighted by Gasteiger charge is 2.40. The van der Waals surface area contributed by atoms with Crippen molar-refractivity contribution in [2.75, 3.05) is 6.54 Å². The Hall–Kier alpha value is -1.20. The quantitative estimate of drug-likeness (QED) is 0.773. The summed E-state index contributed by atoms with van der Waals surface area (Å²) in [4.78, 5) is 12.1. The molecule has 0 bridgehead atoms. The lowest BCUT2D eigenvalue weighted by Gasteiger charge is -2.33. The molecule has 0 aromatic carbocycles. The Morgan fingerprint density at radius 3 is 2.36 bits per heavy atom. The summed E-state index contributed by atoms with van der Waals surface area (Å²) in [7, 11) is 0. The third kappa shape index (κ3) is 3.68. The minimum atomic E-state index is -0.0315. The molecule has 25 heavy (non-hydrogen) atoms. The number of amides is 1. The molecule has 2 heterocycles. The Morgan fingerprint density at radius 1 is 1.04 bits per heavy atom. The number of hydrogen-bond donors (Lipinski definition) is 2. The van der Waals surface area contributed by atoms with Crippen LogP contribution in [0.25, 0.3) is 0 Å². The molecule has 0 spiro atoms. The van der Waals surface area contributed by atoms with Crippen molar-refractivity contribution in [2.45, 2.75) is 83.2 Å². The number of hydrazone groups is 1. The lowest BCUT2D eigenvalue weighted by Crippen LogP contribution is -2.46. The van der Waals surface area contributed by atoms with Crippen molar-refractivity contribution in [1.29, 1.82) is 0 Å². The number of carbonyl (C=O) groups excluding carboxylic acids is 1. The van der Waals surface area contributed by atoms with Gasteiger partial charge in [-0.15, -0.1) is 0 Å². The van der Waals surface area contributed by atoms with E-state index in [0.29, 0.717) is 18.0 Å². The van der Waals surface area contributed by atoms with Gasteiger partial charge in [-0.25, -0.2) is 10.4 Å². The van der Waals surface area contributed by atoms with Gasteiger partial charge >= 0.3 is 0 Å². The molecule has 4 aliphatic rings. The van der Waals surface area contributed by atoms with Gasteiger partial charge in [-0.2, -0.15) is 5.10 Å². The molecule has 5 nitrogen and oxygen atoms in total. The minimum Gasteiger partial charge on any atom is -0.267 e. The smallest absolute Gasteiger partial charge is 0.267 e. The van der Waals surface area contributed by atoms with Gasteiger partial charge in [-0.3, -0.25) is 10.2 Å². The summed E-state index contributed by atoms with van der Waals surface area (Å²) in [6.07, 6.45) is 15.7. The van der Waals surface area contributed by atoms with Gasteiger partial charge in [0.25, 0.3) is 5.91 Å². The lowest BCUT2D eigenvalue weighted by molar-refractivity contribution is -0.116. The number of carbonyl (C=O) groups is 1. The number of nitrogens with one attached hydrogen (secondary N) is 2.